The van der Waals surface area contributed by atoms with Gasteiger partial charge in [-0.15, -0.1) is 0 Å². The predicted octanol–water partition coefficient (Wildman–Crippen LogP) is 3.89. The number of rotatable bonds is 4. The summed E-state index contributed by atoms with van der Waals surface area (Å²) < 4.78 is 0. The average Bonchev–Trinajstić information content (AvgIpc) is 3.03. The summed E-state index contributed by atoms with van der Waals surface area (Å²) in [4.78, 5) is 14.7. The van der Waals surface area contributed by atoms with Crippen molar-refractivity contribution >= 4 is 23.2 Å². The topological polar surface area (TPSA) is 52.6 Å². The van der Waals surface area contributed by atoms with Crippen LogP contribution in [-0.4, -0.2) is 29.0 Å². The summed E-state index contributed by atoms with van der Waals surface area (Å²) in [5.41, 5.74) is 2.36. The third kappa shape index (κ3) is 4.03. The van der Waals surface area contributed by atoms with Crippen LogP contribution in [0.3, 0.4) is 0 Å². The molecule has 0 aliphatic carbocycles. The number of carbonyl (C=O) groups is 1. The van der Waals surface area contributed by atoms with Gasteiger partial charge in [-0.2, -0.15) is 0 Å². The molecule has 1 fully saturated rings. The highest BCUT2D eigenvalue weighted by Crippen LogP contribution is 2.24. The van der Waals surface area contributed by atoms with Gasteiger partial charge >= 0.3 is 0 Å². The van der Waals surface area contributed by atoms with Crippen LogP contribution in [0.5, 0.6) is 5.75 Å². The molecule has 0 spiro atoms. The van der Waals surface area contributed by atoms with Crippen LogP contribution in [0.2, 0.25) is 5.02 Å². The molecule has 0 aromatic heterocycles. The maximum atomic E-state index is 12.3. The first-order valence-electron chi connectivity index (χ1n) is 7.73. The van der Waals surface area contributed by atoms with Gasteiger partial charge in [0.1, 0.15) is 5.75 Å². The number of likely N-dealkylation sites (tertiary alicyclic amines) is 1. The molecule has 4 nitrogen and oxygen atoms in total. The monoisotopic (exact) mass is 330 g/mol. The number of amides is 1. The van der Waals surface area contributed by atoms with Gasteiger partial charge in [0.05, 0.1) is 5.02 Å². The Balaban J connectivity index is 1.69. The quantitative estimate of drug-likeness (QED) is 0.894. The van der Waals surface area contributed by atoms with Gasteiger partial charge in [-0.3, -0.25) is 9.69 Å². The lowest BCUT2D eigenvalue weighted by atomic mass is 10.1. The van der Waals surface area contributed by atoms with Gasteiger partial charge in [0.25, 0.3) is 5.91 Å². The van der Waals surface area contributed by atoms with Crippen LogP contribution in [-0.2, 0) is 6.54 Å². The zero-order valence-electron chi connectivity index (χ0n) is 12.8. The highest BCUT2D eigenvalue weighted by molar-refractivity contribution is 6.32. The Morgan fingerprint density at radius 1 is 1.17 bits per heavy atom. The molecule has 2 N–H and O–H groups in total. The fraction of sp³-hybridized carbons (Fsp3) is 0.278. The lowest BCUT2D eigenvalue weighted by molar-refractivity contribution is 0.102. The van der Waals surface area contributed by atoms with E-state index in [1.54, 1.807) is 6.07 Å². The molecular weight excluding hydrogens is 312 g/mol. The van der Waals surface area contributed by atoms with Gasteiger partial charge in [-0.1, -0.05) is 23.7 Å². The first-order valence-corrected chi connectivity index (χ1v) is 8.11. The maximum absolute atomic E-state index is 12.3. The fourth-order valence-electron chi connectivity index (χ4n) is 2.80. The van der Waals surface area contributed by atoms with E-state index in [1.807, 2.05) is 18.2 Å². The van der Waals surface area contributed by atoms with E-state index in [1.165, 1.54) is 30.5 Å². The highest BCUT2D eigenvalue weighted by atomic mass is 35.5. The van der Waals surface area contributed by atoms with Crippen molar-refractivity contribution in [3.8, 4) is 5.75 Å². The molecule has 0 unspecified atom stereocenters. The van der Waals surface area contributed by atoms with Crippen molar-refractivity contribution in [2.24, 2.45) is 0 Å². The third-order valence-corrected chi connectivity index (χ3v) is 4.30. The summed E-state index contributed by atoms with van der Waals surface area (Å²) in [6.45, 7) is 3.19. The van der Waals surface area contributed by atoms with Crippen LogP contribution in [0.25, 0.3) is 0 Å². The van der Waals surface area contributed by atoms with Crippen LogP contribution in [0.4, 0.5) is 5.69 Å². The van der Waals surface area contributed by atoms with Gasteiger partial charge < -0.3 is 10.4 Å². The van der Waals surface area contributed by atoms with Crippen molar-refractivity contribution in [2.75, 3.05) is 18.4 Å². The molecule has 23 heavy (non-hydrogen) atoms. The summed E-state index contributed by atoms with van der Waals surface area (Å²) >= 11 is 5.85. The molecule has 0 bridgehead atoms. The minimum absolute atomic E-state index is 0.0316. The summed E-state index contributed by atoms with van der Waals surface area (Å²) in [5.74, 6) is -0.277. The fourth-order valence-corrected chi connectivity index (χ4v) is 2.98. The second kappa shape index (κ2) is 7.02. The second-order valence-electron chi connectivity index (χ2n) is 5.80. The first kappa shape index (κ1) is 15.8. The van der Waals surface area contributed by atoms with Crippen molar-refractivity contribution in [3.63, 3.8) is 0 Å². The molecular formula is C18H19ClN2O2. The van der Waals surface area contributed by atoms with E-state index in [4.69, 9.17) is 11.6 Å². The highest BCUT2D eigenvalue weighted by Gasteiger charge is 2.13. The summed E-state index contributed by atoms with van der Waals surface area (Å²) in [5, 5.41) is 12.5. The third-order valence-electron chi connectivity index (χ3n) is 4.00. The van der Waals surface area contributed by atoms with Gasteiger partial charge in [-0.25, -0.2) is 0 Å². The molecule has 0 atom stereocenters. The van der Waals surface area contributed by atoms with Gasteiger partial charge in [-0.05, 0) is 61.8 Å². The minimum Gasteiger partial charge on any atom is -0.506 e. The van der Waals surface area contributed by atoms with Crippen LogP contribution < -0.4 is 5.32 Å². The second-order valence-corrected chi connectivity index (χ2v) is 6.21. The molecule has 1 amide bonds. The molecule has 3 rings (SSSR count). The molecule has 1 aliphatic heterocycles. The number of hydrogen-bond acceptors (Lipinski definition) is 3. The van der Waals surface area contributed by atoms with Gasteiger partial charge in [0.2, 0.25) is 0 Å². The van der Waals surface area contributed by atoms with Gasteiger partial charge in [0, 0.05) is 17.8 Å². The van der Waals surface area contributed by atoms with Crippen molar-refractivity contribution < 1.29 is 9.90 Å². The van der Waals surface area contributed by atoms with E-state index in [-0.39, 0.29) is 16.7 Å². The van der Waals surface area contributed by atoms with E-state index in [9.17, 15) is 9.90 Å². The number of carbonyl (C=O) groups excluding carboxylic acids is 1. The number of aromatic hydroxyl groups is 1. The van der Waals surface area contributed by atoms with Crippen LogP contribution >= 0.6 is 11.6 Å². The Morgan fingerprint density at radius 2 is 1.96 bits per heavy atom. The Kier molecular flexibility index (Phi) is 4.84. The smallest absolute Gasteiger partial charge is 0.255 e. The predicted molar refractivity (Wildman–Crippen MR) is 92.0 cm³/mol. The number of halogens is 1. The number of phenolic OH excluding ortho intramolecular Hbond substituents is 1. The molecule has 1 heterocycles. The standard InChI is InChI=1S/C18H19ClN2O2/c19-16-11-14(6-7-17(16)22)18(23)20-15-5-3-4-13(10-15)12-21-8-1-2-9-21/h3-7,10-11,22H,1-2,8-9,12H2,(H,20,23). The van der Waals surface area contributed by atoms with Crippen molar-refractivity contribution in [2.45, 2.75) is 19.4 Å². The lowest BCUT2D eigenvalue weighted by Gasteiger charge is -2.15. The largest absolute Gasteiger partial charge is 0.506 e. The molecule has 2 aromatic carbocycles. The number of anilines is 1. The van der Waals surface area contributed by atoms with Crippen molar-refractivity contribution in [3.05, 3.63) is 58.6 Å². The van der Waals surface area contributed by atoms with Crippen molar-refractivity contribution in [1.29, 1.82) is 0 Å². The Morgan fingerprint density at radius 3 is 2.70 bits per heavy atom. The number of benzene rings is 2. The van der Waals surface area contributed by atoms with E-state index < -0.39 is 0 Å². The molecule has 1 saturated heterocycles. The first-order chi connectivity index (χ1) is 11.1. The zero-order valence-corrected chi connectivity index (χ0v) is 13.5. The lowest BCUT2D eigenvalue weighted by Crippen LogP contribution is -2.18. The number of hydrogen-bond donors (Lipinski definition) is 2. The Labute approximate surface area is 140 Å². The maximum Gasteiger partial charge on any atom is 0.255 e. The molecule has 0 saturated carbocycles. The minimum atomic E-state index is -0.245. The number of phenols is 1. The summed E-state index contributed by atoms with van der Waals surface area (Å²) in [6.07, 6.45) is 2.52. The molecule has 120 valence electrons. The SMILES string of the molecule is O=C(Nc1cccc(CN2CCCC2)c1)c1ccc(O)c(Cl)c1. The normalized spacial score (nSPS) is 14.8. The average molecular weight is 331 g/mol. The molecule has 2 aromatic rings. The molecule has 5 heteroatoms. The number of nitrogens with zero attached hydrogens (tertiary/aromatic N) is 1. The van der Waals surface area contributed by atoms with Crippen LogP contribution in [0.1, 0.15) is 28.8 Å². The number of nitrogens with one attached hydrogen (secondary N) is 1. The van der Waals surface area contributed by atoms with Gasteiger partial charge in [0.15, 0.2) is 0 Å². The van der Waals surface area contributed by atoms with E-state index in [0.29, 0.717) is 5.56 Å². The summed E-state index contributed by atoms with van der Waals surface area (Å²) in [6, 6.07) is 12.3. The zero-order chi connectivity index (χ0) is 16.2. The van der Waals surface area contributed by atoms with E-state index in [0.717, 1.165) is 25.3 Å². The van der Waals surface area contributed by atoms with E-state index in [2.05, 4.69) is 16.3 Å². The van der Waals surface area contributed by atoms with Crippen LogP contribution in [0, 0.1) is 0 Å². The summed E-state index contributed by atoms with van der Waals surface area (Å²) in [7, 11) is 0. The molecule has 1 aliphatic rings. The Bertz CT molecular complexity index is 712. The van der Waals surface area contributed by atoms with Crippen molar-refractivity contribution in [1.82, 2.24) is 4.90 Å². The van der Waals surface area contributed by atoms with E-state index >= 15 is 0 Å². The Hall–Kier alpha value is -2.04. The van der Waals surface area contributed by atoms with Crippen LogP contribution in [0.15, 0.2) is 42.5 Å². The molecule has 0 radical (unpaired) electrons.